The largest absolute Gasteiger partial charge is 0.343 e. The molecular formula is C17H33N5O2. The van der Waals surface area contributed by atoms with Crippen LogP contribution in [0.25, 0.3) is 11.2 Å². The van der Waals surface area contributed by atoms with Crippen LogP contribution in [0.2, 0.25) is 0 Å². The second-order valence-electron chi connectivity index (χ2n) is 5.03. The standard InChI is InChI=1S/C12H19N5O2.C3H8.C2H6/c1-5-16(6-2)11-13-9-8(17(11)7-3)10(18)14-12(19)15(9)4;1-3-2;1-2/h5-7H2,1-4H3,(H,14,18,19);3H2,1-2H3;1-2H3. The molecule has 0 aromatic carbocycles. The molecule has 2 heterocycles. The monoisotopic (exact) mass is 339 g/mol. The number of fused-ring (bicyclic) bond motifs is 1. The topological polar surface area (TPSA) is 75.9 Å². The molecule has 0 spiro atoms. The van der Waals surface area contributed by atoms with Gasteiger partial charge < -0.3 is 9.47 Å². The summed E-state index contributed by atoms with van der Waals surface area (Å²) < 4.78 is 3.22. The fraction of sp³-hybridized carbons (Fsp3) is 0.706. The van der Waals surface area contributed by atoms with E-state index in [9.17, 15) is 9.59 Å². The number of anilines is 1. The van der Waals surface area contributed by atoms with Crippen LogP contribution in [-0.4, -0.2) is 32.2 Å². The van der Waals surface area contributed by atoms with Crippen molar-refractivity contribution < 1.29 is 0 Å². The molecule has 0 radical (unpaired) electrons. The molecule has 0 aliphatic heterocycles. The molecule has 0 bridgehead atoms. The van der Waals surface area contributed by atoms with E-state index in [4.69, 9.17) is 0 Å². The highest BCUT2D eigenvalue weighted by molar-refractivity contribution is 5.74. The number of aromatic nitrogens is 4. The van der Waals surface area contributed by atoms with Crippen LogP contribution >= 0.6 is 0 Å². The number of aryl methyl sites for hydroxylation is 2. The third kappa shape index (κ3) is 4.49. The van der Waals surface area contributed by atoms with Crippen molar-refractivity contribution in [1.82, 2.24) is 19.1 Å². The average Bonchev–Trinajstić information content (AvgIpc) is 2.96. The lowest BCUT2D eigenvalue weighted by Gasteiger charge is -2.20. The molecule has 0 atom stereocenters. The normalized spacial score (nSPS) is 9.83. The second kappa shape index (κ2) is 10.7. The number of aromatic amines is 1. The fourth-order valence-corrected chi connectivity index (χ4v) is 2.27. The van der Waals surface area contributed by atoms with Gasteiger partial charge in [-0.25, -0.2) is 4.79 Å². The van der Waals surface area contributed by atoms with Gasteiger partial charge >= 0.3 is 5.69 Å². The molecule has 138 valence electrons. The van der Waals surface area contributed by atoms with Crippen LogP contribution in [0.4, 0.5) is 5.95 Å². The molecule has 2 aromatic heterocycles. The second-order valence-corrected chi connectivity index (χ2v) is 5.03. The van der Waals surface area contributed by atoms with Crippen LogP contribution in [-0.2, 0) is 13.6 Å². The molecular weight excluding hydrogens is 306 g/mol. The summed E-state index contributed by atoms with van der Waals surface area (Å²) in [7, 11) is 1.61. The smallest absolute Gasteiger partial charge is 0.329 e. The van der Waals surface area contributed by atoms with Crippen LogP contribution in [0.3, 0.4) is 0 Å². The van der Waals surface area contributed by atoms with Crippen molar-refractivity contribution in [3.8, 4) is 0 Å². The third-order valence-electron chi connectivity index (χ3n) is 3.35. The van der Waals surface area contributed by atoms with Crippen LogP contribution in [0, 0.1) is 0 Å². The Kier molecular flexibility index (Phi) is 9.76. The Bertz CT molecular complexity index is 723. The first kappa shape index (κ1) is 21.9. The van der Waals surface area contributed by atoms with Gasteiger partial charge in [0, 0.05) is 26.7 Å². The van der Waals surface area contributed by atoms with Gasteiger partial charge in [0.15, 0.2) is 11.2 Å². The zero-order valence-corrected chi connectivity index (χ0v) is 16.4. The van der Waals surface area contributed by atoms with Gasteiger partial charge in [0.2, 0.25) is 5.95 Å². The maximum absolute atomic E-state index is 12.0. The van der Waals surface area contributed by atoms with Crippen molar-refractivity contribution in [2.75, 3.05) is 18.0 Å². The summed E-state index contributed by atoms with van der Waals surface area (Å²) in [6.07, 6.45) is 1.25. The summed E-state index contributed by atoms with van der Waals surface area (Å²) in [6, 6.07) is 0. The molecule has 2 rings (SSSR count). The number of hydrogen-bond acceptors (Lipinski definition) is 4. The fourth-order valence-electron chi connectivity index (χ4n) is 2.27. The SMILES string of the molecule is CC.CCC.CCN(CC)c1nc2c(c(=O)[nH]c(=O)n2C)n1CC. The molecule has 7 nitrogen and oxygen atoms in total. The highest BCUT2D eigenvalue weighted by Gasteiger charge is 2.18. The minimum atomic E-state index is -0.440. The summed E-state index contributed by atoms with van der Waals surface area (Å²) in [5.74, 6) is 0.731. The summed E-state index contributed by atoms with van der Waals surface area (Å²) in [5, 5.41) is 0. The zero-order chi connectivity index (χ0) is 18.9. The Morgan fingerprint density at radius 2 is 1.54 bits per heavy atom. The molecule has 7 heteroatoms. The van der Waals surface area contributed by atoms with Crippen LogP contribution < -0.4 is 16.1 Å². The molecule has 0 aliphatic carbocycles. The van der Waals surface area contributed by atoms with E-state index in [2.05, 4.69) is 28.7 Å². The van der Waals surface area contributed by atoms with Gasteiger partial charge in [-0.1, -0.05) is 34.1 Å². The highest BCUT2D eigenvalue weighted by Crippen LogP contribution is 2.18. The molecule has 0 amide bonds. The van der Waals surface area contributed by atoms with Crippen LogP contribution in [0.5, 0.6) is 0 Å². The number of H-pyrrole nitrogens is 1. The Labute approximate surface area is 144 Å². The summed E-state index contributed by atoms with van der Waals surface area (Å²) in [6.45, 7) is 16.5. The summed E-state index contributed by atoms with van der Waals surface area (Å²) in [5.41, 5.74) is 0.0548. The third-order valence-corrected chi connectivity index (χ3v) is 3.35. The van der Waals surface area contributed by atoms with Gasteiger partial charge in [0.25, 0.3) is 5.56 Å². The number of nitrogens with zero attached hydrogens (tertiary/aromatic N) is 4. The first-order chi connectivity index (χ1) is 11.5. The van der Waals surface area contributed by atoms with E-state index >= 15 is 0 Å². The van der Waals surface area contributed by atoms with E-state index in [1.165, 1.54) is 11.0 Å². The van der Waals surface area contributed by atoms with Crippen LogP contribution in [0.15, 0.2) is 9.59 Å². The van der Waals surface area contributed by atoms with E-state index in [1.807, 2.05) is 39.2 Å². The lowest BCUT2D eigenvalue weighted by molar-refractivity contribution is 0.725. The van der Waals surface area contributed by atoms with Crippen molar-refractivity contribution >= 4 is 17.1 Å². The Morgan fingerprint density at radius 3 is 1.96 bits per heavy atom. The lowest BCUT2D eigenvalue weighted by atomic mass is 10.5. The predicted octanol–water partition coefficient (Wildman–Crippen LogP) is 2.73. The Hall–Kier alpha value is -2.05. The minimum absolute atomic E-state index is 0.383. The van der Waals surface area contributed by atoms with Gasteiger partial charge in [-0.05, 0) is 20.8 Å². The van der Waals surface area contributed by atoms with Gasteiger partial charge in [0.1, 0.15) is 0 Å². The zero-order valence-electron chi connectivity index (χ0n) is 16.4. The van der Waals surface area contributed by atoms with E-state index < -0.39 is 5.69 Å². The molecule has 24 heavy (non-hydrogen) atoms. The average molecular weight is 339 g/mol. The van der Waals surface area contributed by atoms with Crippen molar-refractivity contribution in [3.63, 3.8) is 0 Å². The van der Waals surface area contributed by atoms with Crippen molar-refractivity contribution in [2.45, 2.75) is 61.4 Å². The maximum Gasteiger partial charge on any atom is 0.329 e. The van der Waals surface area contributed by atoms with Crippen molar-refractivity contribution in [1.29, 1.82) is 0 Å². The number of imidazole rings is 1. The number of nitrogens with one attached hydrogen (secondary N) is 1. The van der Waals surface area contributed by atoms with Crippen molar-refractivity contribution in [3.05, 3.63) is 20.8 Å². The van der Waals surface area contributed by atoms with E-state index in [0.29, 0.717) is 17.7 Å². The molecule has 0 saturated heterocycles. The van der Waals surface area contributed by atoms with Gasteiger partial charge in [-0.3, -0.25) is 14.3 Å². The highest BCUT2D eigenvalue weighted by atomic mass is 16.2. The summed E-state index contributed by atoms with van der Waals surface area (Å²) >= 11 is 0. The molecule has 0 aliphatic rings. The van der Waals surface area contributed by atoms with E-state index in [1.54, 1.807) is 7.05 Å². The first-order valence-electron chi connectivity index (χ1n) is 8.90. The number of hydrogen-bond donors (Lipinski definition) is 1. The Balaban J connectivity index is 0.000000952. The predicted molar refractivity (Wildman–Crippen MR) is 102 cm³/mol. The Morgan fingerprint density at radius 1 is 1.04 bits per heavy atom. The molecule has 2 aromatic rings. The molecule has 1 N–H and O–H groups in total. The summed E-state index contributed by atoms with van der Waals surface area (Å²) in [4.78, 5) is 32.5. The van der Waals surface area contributed by atoms with E-state index in [-0.39, 0.29) is 5.56 Å². The maximum atomic E-state index is 12.0. The van der Waals surface area contributed by atoms with Gasteiger partial charge in [-0.2, -0.15) is 4.98 Å². The minimum Gasteiger partial charge on any atom is -0.343 e. The lowest BCUT2D eigenvalue weighted by Crippen LogP contribution is -2.29. The van der Waals surface area contributed by atoms with Crippen LogP contribution in [0.1, 0.15) is 54.9 Å². The molecule has 0 unspecified atom stereocenters. The van der Waals surface area contributed by atoms with Crippen molar-refractivity contribution in [2.24, 2.45) is 7.05 Å². The quantitative estimate of drug-likeness (QED) is 0.929. The molecule has 0 saturated carbocycles. The first-order valence-corrected chi connectivity index (χ1v) is 8.90. The number of rotatable bonds is 4. The van der Waals surface area contributed by atoms with Gasteiger partial charge in [-0.15, -0.1) is 0 Å². The van der Waals surface area contributed by atoms with Gasteiger partial charge in [0.05, 0.1) is 0 Å². The van der Waals surface area contributed by atoms with E-state index in [0.717, 1.165) is 19.0 Å². The molecule has 0 fully saturated rings.